The van der Waals surface area contributed by atoms with Crippen molar-refractivity contribution in [3.05, 3.63) is 30.3 Å². The smallest absolute Gasteiger partial charge is 0.126 e. The molecule has 0 atom stereocenters. The van der Waals surface area contributed by atoms with Gasteiger partial charge in [0.05, 0.1) is 0 Å². The Kier molecular flexibility index (Phi) is 2.38. The number of hydrogen-bond acceptors (Lipinski definition) is 0. The molecule has 0 radical (unpaired) electrons. The molecule has 12 heavy (non-hydrogen) atoms. The first-order valence-electron chi connectivity index (χ1n) is 3.74. The molecule has 0 saturated heterocycles. The average Bonchev–Trinajstić information content (AvgIpc) is 2.18. The van der Waals surface area contributed by atoms with E-state index >= 15 is 0 Å². The summed E-state index contributed by atoms with van der Waals surface area (Å²) in [5.41, 5.74) is 5.49. The molecule has 0 aromatic heterocycles. The first-order chi connectivity index (χ1) is 5.73. The summed E-state index contributed by atoms with van der Waals surface area (Å²) in [6.45, 7) is 2.00. The highest BCUT2D eigenvalue weighted by molar-refractivity contribution is 7.03. The van der Waals surface area contributed by atoms with Crippen molar-refractivity contribution in [3.8, 4) is 23.9 Å². The highest BCUT2D eigenvalue weighted by Crippen LogP contribution is 1.99. The lowest BCUT2D eigenvalue weighted by Gasteiger charge is -2.12. The van der Waals surface area contributed by atoms with Crippen molar-refractivity contribution in [1.29, 1.82) is 0 Å². The van der Waals surface area contributed by atoms with E-state index in [4.69, 9.17) is 12.8 Å². The van der Waals surface area contributed by atoms with E-state index in [-0.39, 0.29) is 0 Å². The van der Waals surface area contributed by atoms with Gasteiger partial charge in [-0.05, 0) is 11.7 Å². The van der Waals surface area contributed by atoms with Crippen LogP contribution in [0.15, 0.2) is 30.3 Å². The Morgan fingerprint density at radius 3 is 2.00 bits per heavy atom. The van der Waals surface area contributed by atoms with Crippen molar-refractivity contribution in [2.75, 3.05) is 0 Å². The van der Waals surface area contributed by atoms with E-state index in [0.29, 0.717) is 0 Å². The van der Waals surface area contributed by atoms with Gasteiger partial charge in [0.2, 0.25) is 8.07 Å². The van der Waals surface area contributed by atoms with Crippen LogP contribution in [0.2, 0.25) is 6.55 Å². The molecule has 1 aromatic carbocycles. The van der Waals surface area contributed by atoms with Crippen LogP contribution in [-0.2, 0) is 0 Å². The number of hydrogen-bond donors (Lipinski definition) is 0. The molecule has 1 rings (SSSR count). The maximum absolute atomic E-state index is 5.42. The summed E-state index contributed by atoms with van der Waals surface area (Å²) >= 11 is 0. The first-order valence-corrected chi connectivity index (χ1v) is 6.24. The summed E-state index contributed by atoms with van der Waals surface area (Å²) in [5.74, 6) is 0. The average molecular weight is 170 g/mol. The maximum Gasteiger partial charge on any atom is 0.242 e. The zero-order valence-electron chi connectivity index (χ0n) is 7.04. The molecule has 0 fully saturated rings. The van der Waals surface area contributed by atoms with E-state index in [2.05, 4.69) is 11.1 Å². The molecular weight excluding hydrogens is 160 g/mol. The van der Waals surface area contributed by atoms with Gasteiger partial charge in [-0.15, -0.1) is 23.9 Å². The summed E-state index contributed by atoms with van der Waals surface area (Å²) in [7, 11) is -2.02. The first kappa shape index (κ1) is 8.65. The maximum atomic E-state index is 5.42. The highest BCUT2D eigenvalue weighted by atomic mass is 28.3. The van der Waals surface area contributed by atoms with E-state index < -0.39 is 8.07 Å². The third kappa shape index (κ3) is 1.42. The van der Waals surface area contributed by atoms with Gasteiger partial charge in [-0.25, -0.2) is 0 Å². The van der Waals surface area contributed by atoms with Gasteiger partial charge in [0, 0.05) is 0 Å². The van der Waals surface area contributed by atoms with Crippen LogP contribution in [-0.4, -0.2) is 8.07 Å². The second-order valence-electron chi connectivity index (χ2n) is 2.78. The second kappa shape index (κ2) is 3.30. The van der Waals surface area contributed by atoms with Crippen LogP contribution in [0.5, 0.6) is 0 Å². The van der Waals surface area contributed by atoms with Crippen LogP contribution in [0, 0.1) is 23.9 Å². The molecule has 0 aliphatic rings. The molecule has 0 aliphatic carbocycles. The monoisotopic (exact) mass is 170 g/mol. The summed E-state index contributed by atoms with van der Waals surface area (Å²) in [5, 5.41) is 1.13. The number of benzene rings is 1. The number of terminal acetylenes is 2. The molecule has 0 amide bonds. The zero-order valence-corrected chi connectivity index (χ0v) is 8.04. The molecule has 0 heterocycles. The summed E-state index contributed by atoms with van der Waals surface area (Å²) in [6.07, 6.45) is 10.8. The van der Waals surface area contributed by atoms with E-state index in [1.807, 2.05) is 36.9 Å². The topological polar surface area (TPSA) is 0 Å². The Balaban J connectivity index is 3.17. The molecule has 1 heteroatoms. The molecule has 58 valence electrons. The lowest BCUT2D eigenvalue weighted by atomic mass is 10.4. The summed E-state index contributed by atoms with van der Waals surface area (Å²) in [6, 6.07) is 9.91. The Morgan fingerprint density at radius 1 is 1.08 bits per heavy atom. The Morgan fingerprint density at radius 2 is 1.58 bits per heavy atom. The molecule has 0 nitrogen and oxygen atoms in total. The van der Waals surface area contributed by atoms with Gasteiger partial charge in [-0.3, -0.25) is 0 Å². The SMILES string of the molecule is C#C[Si](C)(C#C)c1ccccc1. The van der Waals surface area contributed by atoms with Crippen LogP contribution < -0.4 is 5.19 Å². The van der Waals surface area contributed by atoms with Gasteiger partial charge in [0.15, 0.2) is 0 Å². The predicted octanol–water partition coefficient (Wildman–Crippen LogP) is 1.32. The zero-order chi connectivity index (χ0) is 9.03. The van der Waals surface area contributed by atoms with E-state index in [1.165, 1.54) is 0 Å². The van der Waals surface area contributed by atoms with E-state index in [9.17, 15) is 0 Å². The van der Waals surface area contributed by atoms with Crippen molar-refractivity contribution in [2.45, 2.75) is 6.55 Å². The lowest BCUT2D eigenvalue weighted by molar-refractivity contribution is 1.74. The van der Waals surface area contributed by atoms with E-state index in [1.54, 1.807) is 0 Å². The van der Waals surface area contributed by atoms with Crippen molar-refractivity contribution < 1.29 is 0 Å². The van der Waals surface area contributed by atoms with Gasteiger partial charge in [-0.1, -0.05) is 30.3 Å². The van der Waals surface area contributed by atoms with Gasteiger partial charge in [0.1, 0.15) is 0 Å². The van der Waals surface area contributed by atoms with Gasteiger partial charge in [0.25, 0.3) is 0 Å². The van der Waals surface area contributed by atoms with Crippen LogP contribution in [0.4, 0.5) is 0 Å². The minimum absolute atomic E-state index is 1.13. The van der Waals surface area contributed by atoms with Gasteiger partial charge < -0.3 is 0 Å². The van der Waals surface area contributed by atoms with Gasteiger partial charge >= 0.3 is 0 Å². The molecular formula is C11H10Si. The lowest BCUT2D eigenvalue weighted by Crippen LogP contribution is -2.42. The molecule has 0 aliphatic heterocycles. The predicted molar refractivity (Wildman–Crippen MR) is 55.4 cm³/mol. The number of rotatable bonds is 1. The molecule has 1 aromatic rings. The van der Waals surface area contributed by atoms with Crippen LogP contribution in [0.3, 0.4) is 0 Å². The molecule has 0 unspecified atom stereocenters. The standard InChI is InChI=1S/C11H10Si/c1-4-12(3,5-2)11-9-7-6-8-10-11/h1-2,6-10H,3H3. The fourth-order valence-electron chi connectivity index (χ4n) is 0.980. The normalized spacial score (nSPS) is 9.92. The van der Waals surface area contributed by atoms with Crippen molar-refractivity contribution in [3.63, 3.8) is 0 Å². The molecule has 0 spiro atoms. The van der Waals surface area contributed by atoms with Gasteiger partial charge in [-0.2, -0.15) is 0 Å². The van der Waals surface area contributed by atoms with Crippen molar-refractivity contribution >= 4 is 13.3 Å². The van der Waals surface area contributed by atoms with Crippen LogP contribution in [0.1, 0.15) is 0 Å². The molecule has 0 bridgehead atoms. The van der Waals surface area contributed by atoms with Crippen molar-refractivity contribution in [2.24, 2.45) is 0 Å². The van der Waals surface area contributed by atoms with Crippen LogP contribution >= 0.6 is 0 Å². The quantitative estimate of drug-likeness (QED) is 0.440. The van der Waals surface area contributed by atoms with E-state index in [0.717, 1.165) is 5.19 Å². The Bertz CT molecular complexity index is 324. The highest BCUT2D eigenvalue weighted by Gasteiger charge is 2.23. The third-order valence-corrected chi connectivity index (χ3v) is 4.57. The van der Waals surface area contributed by atoms with Crippen LogP contribution in [0.25, 0.3) is 0 Å². The molecule has 0 saturated carbocycles. The summed E-state index contributed by atoms with van der Waals surface area (Å²) in [4.78, 5) is 0. The third-order valence-electron chi connectivity index (χ3n) is 1.93. The largest absolute Gasteiger partial charge is 0.242 e. The fourth-order valence-corrected chi connectivity index (χ4v) is 2.26. The fraction of sp³-hybridized carbons (Fsp3) is 0.0909. The van der Waals surface area contributed by atoms with Crippen molar-refractivity contribution in [1.82, 2.24) is 0 Å². The Hall–Kier alpha value is -1.44. The summed E-state index contributed by atoms with van der Waals surface area (Å²) < 4.78 is 0. The minimum Gasteiger partial charge on any atom is -0.126 e. The second-order valence-corrected chi connectivity index (χ2v) is 6.18. The minimum atomic E-state index is -2.02. The molecule has 0 N–H and O–H groups in total. The Labute approximate surface area is 74.6 Å².